The zero-order chi connectivity index (χ0) is 17.6. The van der Waals surface area contributed by atoms with Gasteiger partial charge in [-0.05, 0) is 35.9 Å². The van der Waals surface area contributed by atoms with Crippen molar-refractivity contribution in [2.75, 3.05) is 0 Å². The third-order valence-corrected chi connectivity index (χ3v) is 4.23. The minimum atomic E-state index is -0.296. The monoisotopic (exact) mass is 372 g/mol. The number of amides is 1. The summed E-state index contributed by atoms with van der Waals surface area (Å²) in [6.07, 6.45) is 1.63. The molecule has 0 unspecified atom stereocenters. The van der Waals surface area contributed by atoms with Gasteiger partial charge in [-0.2, -0.15) is 0 Å². The molecule has 0 aliphatic heterocycles. The Labute approximate surface area is 155 Å². The van der Waals surface area contributed by atoms with Crippen molar-refractivity contribution < 1.29 is 9.53 Å². The Bertz CT molecular complexity index is 886. The van der Waals surface area contributed by atoms with Crippen molar-refractivity contribution in [3.63, 3.8) is 0 Å². The highest BCUT2D eigenvalue weighted by atomic mass is 35.5. The zero-order valence-electron chi connectivity index (χ0n) is 13.1. The van der Waals surface area contributed by atoms with Crippen LogP contribution in [0.25, 0.3) is 0 Å². The van der Waals surface area contributed by atoms with Gasteiger partial charge >= 0.3 is 0 Å². The Morgan fingerprint density at radius 2 is 1.84 bits per heavy atom. The average molecular weight is 373 g/mol. The largest absolute Gasteiger partial charge is 0.439 e. The standard InChI is InChI=1S/C19H14Cl2N2O2/c20-16-8-4-7-15(18(16)21)19(24)23-12-13-9-10-22-17(11-13)25-14-5-2-1-3-6-14/h1-11H,12H2,(H,23,24). The number of para-hydroxylation sites is 1. The van der Waals surface area contributed by atoms with Crippen LogP contribution in [0.3, 0.4) is 0 Å². The van der Waals surface area contributed by atoms with Gasteiger partial charge in [-0.25, -0.2) is 4.98 Å². The highest BCUT2D eigenvalue weighted by Crippen LogP contribution is 2.25. The van der Waals surface area contributed by atoms with Gasteiger partial charge in [0.25, 0.3) is 5.91 Å². The highest BCUT2D eigenvalue weighted by Gasteiger charge is 2.12. The van der Waals surface area contributed by atoms with Crippen LogP contribution in [-0.2, 0) is 6.54 Å². The Morgan fingerprint density at radius 3 is 2.64 bits per heavy atom. The van der Waals surface area contributed by atoms with Crippen LogP contribution < -0.4 is 10.1 Å². The maximum atomic E-state index is 12.3. The summed E-state index contributed by atoms with van der Waals surface area (Å²) < 4.78 is 5.68. The van der Waals surface area contributed by atoms with Gasteiger partial charge in [-0.15, -0.1) is 0 Å². The molecule has 1 heterocycles. The van der Waals surface area contributed by atoms with E-state index in [9.17, 15) is 4.79 Å². The molecular weight excluding hydrogens is 359 g/mol. The molecule has 0 bridgehead atoms. The van der Waals surface area contributed by atoms with Gasteiger partial charge in [-0.3, -0.25) is 4.79 Å². The van der Waals surface area contributed by atoms with E-state index in [0.29, 0.717) is 28.8 Å². The molecule has 4 nitrogen and oxygen atoms in total. The van der Waals surface area contributed by atoms with Crippen LogP contribution in [0.15, 0.2) is 66.9 Å². The minimum absolute atomic E-state index is 0.240. The summed E-state index contributed by atoms with van der Waals surface area (Å²) in [7, 11) is 0. The van der Waals surface area contributed by atoms with Crippen molar-refractivity contribution in [3.8, 4) is 11.6 Å². The number of nitrogens with zero attached hydrogens (tertiary/aromatic N) is 1. The molecule has 126 valence electrons. The topological polar surface area (TPSA) is 51.2 Å². The quantitative estimate of drug-likeness (QED) is 0.676. The predicted octanol–water partition coefficient (Wildman–Crippen LogP) is 5.11. The number of benzene rings is 2. The molecule has 25 heavy (non-hydrogen) atoms. The first kappa shape index (κ1) is 17.3. The molecule has 0 aliphatic rings. The second-order valence-corrected chi connectivity index (χ2v) is 5.99. The third-order valence-electron chi connectivity index (χ3n) is 3.41. The van der Waals surface area contributed by atoms with Gasteiger partial charge in [0, 0.05) is 18.8 Å². The molecule has 0 aliphatic carbocycles. The summed E-state index contributed by atoms with van der Waals surface area (Å²) in [6, 6.07) is 17.9. The van der Waals surface area contributed by atoms with Crippen molar-refractivity contribution in [3.05, 3.63) is 88.0 Å². The van der Waals surface area contributed by atoms with E-state index in [2.05, 4.69) is 10.3 Å². The van der Waals surface area contributed by atoms with Gasteiger partial charge in [-0.1, -0.05) is 47.5 Å². The SMILES string of the molecule is O=C(NCc1ccnc(Oc2ccccc2)c1)c1cccc(Cl)c1Cl. The van der Waals surface area contributed by atoms with Gasteiger partial charge in [0.05, 0.1) is 15.6 Å². The number of aromatic nitrogens is 1. The van der Waals surface area contributed by atoms with Crippen LogP contribution >= 0.6 is 23.2 Å². The minimum Gasteiger partial charge on any atom is -0.439 e. The van der Waals surface area contributed by atoms with Crippen molar-refractivity contribution >= 4 is 29.1 Å². The number of hydrogen-bond acceptors (Lipinski definition) is 3. The Hall–Kier alpha value is -2.56. The van der Waals surface area contributed by atoms with Crippen LogP contribution in [0.2, 0.25) is 10.0 Å². The van der Waals surface area contributed by atoms with E-state index in [1.54, 1.807) is 36.5 Å². The van der Waals surface area contributed by atoms with E-state index >= 15 is 0 Å². The molecule has 0 atom stereocenters. The highest BCUT2D eigenvalue weighted by molar-refractivity contribution is 6.43. The van der Waals surface area contributed by atoms with E-state index in [1.807, 2.05) is 30.3 Å². The van der Waals surface area contributed by atoms with Gasteiger partial charge in [0.15, 0.2) is 0 Å². The van der Waals surface area contributed by atoms with E-state index in [1.165, 1.54) is 0 Å². The number of carbonyl (C=O) groups is 1. The van der Waals surface area contributed by atoms with E-state index in [-0.39, 0.29) is 10.9 Å². The zero-order valence-corrected chi connectivity index (χ0v) is 14.6. The molecule has 1 aromatic heterocycles. The Balaban J connectivity index is 1.66. The van der Waals surface area contributed by atoms with Crippen molar-refractivity contribution in [2.24, 2.45) is 0 Å². The van der Waals surface area contributed by atoms with Crippen LogP contribution in [0, 0.1) is 0 Å². The van der Waals surface area contributed by atoms with Gasteiger partial charge < -0.3 is 10.1 Å². The number of hydrogen-bond donors (Lipinski definition) is 1. The normalized spacial score (nSPS) is 10.3. The van der Waals surface area contributed by atoms with Gasteiger partial charge in [0.2, 0.25) is 5.88 Å². The molecule has 1 N–H and O–H groups in total. The first-order valence-corrected chi connectivity index (χ1v) is 8.29. The molecular formula is C19H14Cl2N2O2. The van der Waals surface area contributed by atoms with Crippen molar-refractivity contribution in [1.29, 1.82) is 0 Å². The van der Waals surface area contributed by atoms with Crippen LogP contribution in [0.5, 0.6) is 11.6 Å². The summed E-state index contributed by atoms with van der Waals surface area (Å²) in [6.45, 7) is 0.315. The number of halogens is 2. The predicted molar refractivity (Wildman–Crippen MR) is 98.4 cm³/mol. The Kier molecular flexibility index (Phi) is 5.53. The number of pyridine rings is 1. The summed E-state index contributed by atoms with van der Waals surface area (Å²) in [4.78, 5) is 16.4. The van der Waals surface area contributed by atoms with Crippen molar-refractivity contribution in [1.82, 2.24) is 10.3 Å². The molecule has 0 radical (unpaired) electrons. The molecule has 0 spiro atoms. The fraction of sp³-hybridized carbons (Fsp3) is 0.0526. The Morgan fingerprint density at radius 1 is 1.04 bits per heavy atom. The molecule has 2 aromatic carbocycles. The first-order chi connectivity index (χ1) is 12.1. The van der Waals surface area contributed by atoms with Gasteiger partial charge in [0.1, 0.15) is 5.75 Å². The lowest BCUT2D eigenvalue weighted by Gasteiger charge is -2.09. The maximum Gasteiger partial charge on any atom is 0.253 e. The molecule has 3 rings (SSSR count). The summed E-state index contributed by atoms with van der Waals surface area (Å²) in [5.41, 5.74) is 1.19. The molecule has 3 aromatic rings. The van der Waals surface area contributed by atoms with Crippen molar-refractivity contribution in [2.45, 2.75) is 6.54 Å². The molecule has 0 saturated carbocycles. The molecule has 6 heteroatoms. The summed E-state index contributed by atoms with van der Waals surface area (Å²) in [5, 5.41) is 3.39. The van der Waals surface area contributed by atoms with Crippen LogP contribution in [-0.4, -0.2) is 10.9 Å². The lowest BCUT2D eigenvalue weighted by molar-refractivity contribution is 0.0951. The fourth-order valence-corrected chi connectivity index (χ4v) is 2.57. The maximum absolute atomic E-state index is 12.3. The van der Waals surface area contributed by atoms with Crippen LogP contribution in [0.4, 0.5) is 0 Å². The lowest BCUT2D eigenvalue weighted by Crippen LogP contribution is -2.23. The number of rotatable bonds is 5. The van der Waals surface area contributed by atoms with Crippen LogP contribution in [0.1, 0.15) is 15.9 Å². The number of nitrogens with one attached hydrogen (secondary N) is 1. The molecule has 0 fully saturated rings. The van der Waals surface area contributed by atoms with E-state index in [0.717, 1.165) is 5.56 Å². The lowest BCUT2D eigenvalue weighted by atomic mass is 10.2. The fourth-order valence-electron chi connectivity index (χ4n) is 2.18. The summed E-state index contributed by atoms with van der Waals surface area (Å²) >= 11 is 12.0. The van der Waals surface area contributed by atoms with E-state index < -0.39 is 0 Å². The summed E-state index contributed by atoms with van der Waals surface area (Å²) in [5.74, 6) is 0.857. The second kappa shape index (κ2) is 8.01. The number of ether oxygens (including phenoxy) is 1. The smallest absolute Gasteiger partial charge is 0.253 e. The number of carbonyl (C=O) groups excluding carboxylic acids is 1. The van der Waals surface area contributed by atoms with E-state index in [4.69, 9.17) is 27.9 Å². The third kappa shape index (κ3) is 4.50. The average Bonchev–Trinajstić information content (AvgIpc) is 2.63. The first-order valence-electron chi connectivity index (χ1n) is 7.53. The second-order valence-electron chi connectivity index (χ2n) is 5.20. The molecule has 0 saturated heterocycles. The molecule has 1 amide bonds.